The minimum Gasteiger partial charge on any atom is -0.461 e. The summed E-state index contributed by atoms with van der Waals surface area (Å²) in [6, 6.07) is 0. The number of anilines is 1. The number of hydrogen-bond acceptors (Lipinski definition) is 7. The number of carbonyl (C=O) groups excluding carboxylic acids is 1. The van der Waals surface area contributed by atoms with Gasteiger partial charge in [-0.25, -0.2) is 9.78 Å². The van der Waals surface area contributed by atoms with Gasteiger partial charge in [-0.05, 0) is 13.8 Å². The number of hydrogen-bond donors (Lipinski definition) is 1. The van der Waals surface area contributed by atoms with Crippen molar-refractivity contribution in [3.8, 4) is 10.8 Å². The third-order valence-corrected chi connectivity index (χ3v) is 2.98. The van der Waals surface area contributed by atoms with E-state index in [2.05, 4.69) is 9.97 Å². The molecular weight excluding hydrogens is 242 g/mol. The molecule has 0 radical (unpaired) electrons. The number of thiazole rings is 1. The Balaban J connectivity index is 2.37. The van der Waals surface area contributed by atoms with Gasteiger partial charge in [-0.3, -0.25) is 0 Å². The van der Waals surface area contributed by atoms with Crippen LogP contribution in [0.15, 0.2) is 9.93 Å². The van der Waals surface area contributed by atoms with Crippen LogP contribution < -0.4 is 5.73 Å². The fourth-order valence-corrected chi connectivity index (χ4v) is 2.01. The standard InChI is InChI=1S/C10H11N3O3S/c1-3-15-10(14)6-8(11)16-9(13-6)7-5(2)12-4-17-7/h4H,3,11H2,1-2H3. The van der Waals surface area contributed by atoms with E-state index in [1.54, 1.807) is 12.4 Å². The molecule has 0 unspecified atom stereocenters. The van der Waals surface area contributed by atoms with Crippen LogP contribution >= 0.6 is 11.3 Å². The molecular formula is C10H11N3O3S. The summed E-state index contributed by atoms with van der Waals surface area (Å²) in [5.74, 6) is -0.320. The van der Waals surface area contributed by atoms with E-state index in [9.17, 15) is 4.79 Å². The Hall–Kier alpha value is -1.89. The van der Waals surface area contributed by atoms with E-state index in [-0.39, 0.29) is 18.2 Å². The van der Waals surface area contributed by atoms with Crippen LogP contribution in [0.1, 0.15) is 23.1 Å². The van der Waals surface area contributed by atoms with Gasteiger partial charge in [0.1, 0.15) is 4.88 Å². The highest BCUT2D eigenvalue weighted by molar-refractivity contribution is 7.13. The van der Waals surface area contributed by atoms with Crippen molar-refractivity contribution < 1.29 is 13.9 Å². The summed E-state index contributed by atoms with van der Waals surface area (Å²) in [6.45, 7) is 3.80. The van der Waals surface area contributed by atoms with Crippen LogP contribution in [-0.2, 0) is 4.74 Å². The van der Waals surface area contributed by atoms with E-state index in [0.717, 1.165) is 10.6 Å². The third-order valence-electron chi connectivity index (χ3n) is 2.06. The van der Waals surface area contributed by atoms with Gasteiger partial charge in [0.25, 0.3) is 0 Å². The number of nitrogen functional groups attached to an aromatic ring is 1. The summed E-state index contributed by atoms with van der Waals surface area (Å²) in [7, 11) is 0. The number of esters is 1. The first-order chi connectivity index (χ1) is 8.13. The van der Waals surface area contributed by atoms with Gasteiger partial charge in [-0.2, -0.15) is 4.98 Å². The van der Waals surface area contributed by atoms with E-state index in [0.29, 0.717) is 5.89 Å². The second-order valence-electron chi connectivity index (χ2n) is 3.22. The zero-order chi connectivity index (χ0) is 12.4. The maximum absolute atomic E-state index is 11.5. The molecule has 0 amide bonds. The molecule has 2 heterocycles. The van der Waals surface area contributed by atoms with Crippen molar-refractivity contribution in [1.82, 2.24) is 9.97 Å². The largest absolute Gasteiger partial charge is 0.461 e. The van der Waals surface area contributed by atoms with Crippen molar-refractivity contribution in [3.63, 3.8) is 0 Å². The molecule has 2 aromatic heterocycles. The number of ether oxygens (including phenoxy) is 1. The molecule has 7 heteroatoms. The maximum Gasteiger partial charge on any atom is 0.362 e. The van der Waals surface area contributed by atoms with Crippen LogP contribution in [0, 0.1) is 6.92 Å². The Labute approximate surface area is 101 Å². The van der Waals surface area contributed by atoms with Crippen LogP contribution in [0.2, 0.25) is 0 Å². The molecule has 0 fully saturated rings. The fourth-order valence-electron chi connectivity index (χ4n) is 1.28. The molecule has 0 aliphatic heterocycles. The van der Waals surface area contributed by atoms with Crippen LogP contribution in [0.25, 0.3) is 10.8 Å². The number of aryl methyl sites for hydroxylation is 1. The predicted molar refractivity (Wildman–Crippen MR) is 62.7 cm³/mol. The molecule has 0 aromatic carbocycles. The lowest BCUT2D eigenvalue weighted by molar-refractivity contribution is 0.0521. The van der Waals surface area contributed by atoms with Gasteiger partial charge in [-0.1, -0.05) is 0 Å². The van der Waals surface area contributed by atoms with Gasteiger partial charge < -0.3 is 14.9 Å². The number of carbonyl (C=O) groups is 1. The molecule has 0 aliphatic rings. The first-order valence-electron chi connectivity index (χ1n) is 4.97. The highest BCUT2D eigenvalue weighted by Gasteiger charge is 2.21. The molecule has 0 saturated heterocycles. The Morgan fingerprint density at radius 3 is 3.00 bits per heavy atom. The summed E-state index contributed by atoms with van der Waals surface area (Å²) in [6.07, 6.45) is 0. The lowest BCUT2D eigenvalue weighted by Gasteiger charge is -1.96. The van der Waals surface area contributed by atoms with E-state index >= 15 is 0 Å². The van der Waals surface area contributed by atoms with Crippen LogP contribution in [0.4, 0.5) is 5.88 Å². The molecule has 0 atom stereocenters. The summed E-state index contributed by atoms with van der Waals surface area (Å²) < 4.78 is 10.1. The summed E-state index contributed by atoms with van der Waals surface area (Å²) in [5.41, 5.74) is 8.05. The minimum absolute atomic E-state index is 0.00894. The monoisotopic (exact) mass is 253 g/mol. The van der Waals surface area contributed by atoms with Crippen LogP contribution in [0.5, 0.6) is 0 Å². The quantitative estimate of drug-likeness (QED) is 0.839. The van der Waals surface area contributed by atoms with Crippen molar-refractivity contribution in [2.45, 2.75) is 13.8 Å². The normalized spacial score (nSPS) is 10.5. The molecule has 2 rings (SSSR count). The number of nitrogens with two attached hydrogens (primary N) is 1. The Morgan fingerprint density at radius 1 is 1.65 bits per heavy atom. The van der Waals surface area contributed by atoms with Crippen LogP contribution in [0.3, 0.4) is 0 Å². The van der Waals surface area contributed by atoms with Crippen LogP contribution in [-0.4, -0.2) is 22.5 Å². The van der Waals surface area contributed by atoms with Gasteiger partial charge in [-0.15, -0.1) is 11.3 Å². The topological polar surface area (TPSA) is 91.2 Å². The zero-order valence-corrected chi connectivity index (χ0v) is 10.2. The highest BCUT2D eigenvalue weighted by atomic mass is 32.1. The van der Waals surface area contributed by atoms with E-state index < -0.39 is 5.97 Å². The SMILES string of the molecule is CCOC(=O)c1nc(-c2scnc2C)oc1N. The fraction of sp³-hybridized carbons (Fsp3) is 0.300. The van der Waals surface area contributed by atoms with Gasteiger partial charge in [0.2, 0.25) is 17.5 Å². The van der Waals surface area contributed by atoms with Gasteiger partial charge in [0, 0.05) is 0 Å². The second-order valence-corrected chi connectivity index (χ2v) is 4.07. The van der Waals surface area contributed by atoms with Gasteiger partial charge in [0.15, 0.2) is 0 Å². The third kappa shape index (κ3) is 2.14. The molecule has 0 aliphatic carbocycles. The van der Waals surface area contributed by atoms with Crippen molar-refractivity contribution in [1.29, 1.82) is 0 Å². The number of oxazole rings is 1. The van der Waals surface area contributed by atoms with Crippen molar-refractivity contribution >= 4 is 23.2 Å². The average molecular weight is 253 g/mol. The number of nitrogens with zero attached hydrogens (tertiary/aromatic N) is 2. The summed E-state index contributed by atoms with van der Waals surface area (Å²) in [5, 5.41) is 0. The second kappa shape index (κ2) is 4.54. The molecule has 0 spiro atoms. The van der Waals surface area contributed by atoms with E-state index in [1.807, 2.05) is 6.92 Å². The smallest absolute Gasteiger partial charge is 0.362 e. The molecule has 2 N–H and O–H groups in total. The number of rotatable bonds is 3. The Bertz CT molecular complexity index is 547. The zero-order valence-electron chi connectivity index (χ0n) is 9.39. The Morgan fingerprint density at radius 2 is 2.41 bits per heavy atom. The minimum atomic E-state index is -0.581. The summed E-state index contributed by atoms with van der Waals surface area (Å²) in [4.78, 5) is 20.4. The number of aromatic nitrogens is 2. The van der Waals surface area contributed by atoms with Crippen molar-refractivity contribution in [2.24, 2.45) is 0 Å². The maximum atomic E-state index is 11.5. The van der Waals surface area contributed by atoms with Crippen molar-refractivity contribution in [3.05, 3.63) is 16.9 Å². The molecule has 6 nitrogen and oxygen atoms in total. The first-order valence-corrected chi connectivity index (χ1v) is 5.85. The lowest BCUT2D eigenvalue weighted by Crippen LogP contribution is -2.07. The van der Waals surface area contributed by atoms with Gasteiger partial charge in [0.05, 0.1) is 17.8 Å². The molecule has 0 bridgehead atoms. The van der Waals surface area contributed by atoms with E-state index in [4.69, 9.17) is 14.9 Å². The average Bonchev–Trinajstić information content (AvgIpc) is 2.84. The molecule has 0 saturated carbocycles. The molecule has 17 heavy (non-hydrogen) atoms. The van der Waals surface area contributed by atoms with Gasteiger partial charge >= 0.3 is 5.97 Å². The van der Waals surface area contributed by atoms with E-state index in [1.165, 1.54) is 11.3 Å². The predicted octanol–water partition coefficient (Wildman–Crippen LogP) is 1.87. The molecule has 90 valence electrons. The molecule has 2 aromatic rings. The summed E-state index contributed by atoms with van der Waals surface area (Å²) >= 11 is 1.37. The lowest BCUT2D eigenvalue weighted by atomic mass is 10.4. The first kappa shape index (κ1) is 11.6. The highest BCUT2D eigenvalue weighted by Crippen LogP contribution is 2.29. The van der Waals surface area contributed by atoms with Crippen molar-refractivity contribution in [2.75, 3.05) is 12.3 Å². The Kier molecular flexibility index (Phi) is 3.10.